The maximum atomic E-state index is 13.7. The van der Waals surface area contributed by atoms with E-state index in [0.29, 0.717) is 28.1 Å². The van der Waals surface area contributed by atoms with Crippen molar-refractivity contribution < 1.29 is 4.39 Å². The number of benzene rings is 2. The molecule has 97 valence electrons. The quantitative estimate of drug-likeness (QED) is 0.854. The summed E-state index contributed by atoms with van der Waals surface area (Å²) in [5, 5.41) is 18.1. The van der Waals surface area contributed by atoms with Crippen molar-refractivity contribution in [3.63, 3.8) is 0 Å². The van der Waals surface area contributed by atoms with Gasteiger partial charge in [-0.3, -0.25) is 0 Å². The lowest BCUT2D eigenvalue weighted by Gasteiger charge is -2.06. The van der Waals surface area contributed by atoms with E-state index in [1.54, 1.807) is 36.8 Å². The molecule has 0 N–H and O–H groups in total. The van der Waals surface area contributed by atoms with Crippen molar-refractivity contribution in [2.24, 2.45) is 0 Å². The van der Waals surface area contributed by atoms with Crippen molar-refractivity contribution >= 4 is 11.6 Å². The zero-order valence-corrected chi connectivity index (χ0v) is 11.2. The second-order valence-corrected chi connectivity index (χ2v) is 4.55. The van der Waals surface area contributed by atoms with E-state index in [9.17, 15) is 4.39 Å². The van der Waals surface area contributed by atoms with Crippen molar-refractivity contribution in [1.29, 1.82) is 10.5 Å². The van der Waals surface area contributed by atoms with Gasteiger partial charge in [0.25, 0.3) is 0 Å². The van der Waals surface area contributed by atoms with E-state index >= 15 is 0 Å². The Labute approximate surface area is 121 Å². The van der Waals surface area contributed by atoms with Gasteiger partial charge in [-0.2, -0.15) is 10.5 Å². The Kier molecular flexibility index (Phi) is 4.35. The first-order chi connectivity index (χ1) is 9.65. The zero-order chi connectivity index (χ0) is 14.5. The van der Waals surface area contributed by atoms with Crippen LogP contribution in [-0.4, -0.2) is 0 Å². The van der Waals surface area contributed by atoms with Crippen LogP contribution in [0.15, 0.2) is 36.4 Å². The second kappa shape index (κ2) is 6.19. The predicted octanol–water partition coefficient (Wildman–Crippen LogP) is 4.02. The maximum absolute atomic E-state index is 13.7. The molecule has 0 spiro atoms. The average molecular weight is 284 g/mol. The Morgan fingerprint density at radius 2 is 1.95 bits per heavy atom. The van der Waals surface area contributed by atoms with Gasteiger partial charge in [0.15, 0.2) is 0 Å². The molecule has 2 nitrogen and oxygen atoms in total. The molecule has 0 saturated carbocycles. The molecule has 4 heteroatoms. The molecule has 0 aliphatic rings. The molecule has 0 aliphatic heterocycles. The van der Waals surface area contributed by atoms with Gasteiger partial charge in [0, 0.05) is 0 Å². The molecule has 1 radical (unpaired) electrons. The molecule has 2 rings (SSSR count). The summed E-state index contributed by atoms with van der Waals surface area (Å²) in [7, 11) is 0. The van der Waals surface area contributed by atoms with Gasteiger partial charge in [0.05, 0.1) is 22.2 Å². The highest BCUT2D eigenvalue weighted by atomic mass is 35.5. The Morgan fingerprint density at radius 3 is 2.60 bits per heavy atom. The lowest BCUT2D eigenvalue weighted by Crippen LogP contribution is -1.96. The third kappa shape index (κ3) is 2.96. The van der Waals surface area contributed by atoms with Crippen LogP contribution in [0.5, 0.6) is 0 Å². The molecule has 0 unspecified atom stereocenters. The minimum absolute atomic E-state index is 0.284. The highest BCUT2D eigenvalue weighted by Gasteiger charge is 2.09. The van der Waals surface area contributed by atoms with Gasteiger partial charge < -0.3 is 0 Å². The van der Waals surface area contributed by atoms with Crippen LogP contribution in [-0.2, 0) is 6.42 Å². The van der Waals surface area contributed by atoms with E-state index in [4.69, 9.17) is 22.1 Å². The van der Waals surface area contributed by atoms with E-state index in [2.05, 4.69) is 0 Å². The molecule has 2 aromatic rings. The van der Waals surface area contributed by atoms with Crippen LogP contribution in [0.3, 0.4) is 0 Å². The van der Waals surface area contributed by atoms with Gasteiger partial charge in [0.1, 0.15) is 11.9 Å². The largest absolute Gasteiger partial charge is 0.207 e. The maximum Gasteiger partial charge on any atom is 0.127 e. The van der Waals surface area contributed by atoms with Gasteiger partial charge in [-0.05, 0) is 42.2 Å². The van der Waals surface area contributed by atoms with Crippen LogP contribution >= 0.6 is 11.6 Å². The minimum atomic E-state index is -0.430. The summed E-state index contributed by atoms with van der Waals surface area (Å²) >= 11 is 5.93. The van der Waals surface area contributed by atoms with Gasteiger partial charge in [-0.1, -0.05) is 29.8 Å². The number of nitrogens with zero attached hydrogens (tertiary/aromatic N) is 2. The predicted molar refractivity (Wildman–Crippen MR) is 74.4 cm³/mol. The van der Waals surface area contributed by atoms with Crippen molar-refractivity contribution in [2.45, 2.75) is 6.42 Å². The number of halogens is 2. The number of hydrogen-bond acceptors (Lipinski definition) is 2. The van der Waals surface area contributed by atoms with E-state index < -0.39 is 5.82 Å². The van der Waals surface area contributed by atoms with Crippen LogP contribution in [0.4, 0.5) is 4.39 Å². The normalized spacial score (nSPS) is 9.80. The minimum Gasteiger partial charge on any atom is -0.207 e. The summed E-state index contributed by atoms with van der Waals surface area (Å²) in [6.45, 7) is 0. The lowest BCUT2D eigenvalue weighted by molar-refractivity contribution is 0.613. The summed E-state index contributed by atoms with van der Waals surface area (Å²) in [5.74, 6) is -0.430. The van der Waals surface area contributed by atoms with Gasteiger partial charge in [0.2, 0.25) is 0 Å². The Morgan fingerprint density at radius 1 is 1.15 bits per heavy atom. The van der Waals surface area contributed by atoms with Crippen molar-refractivity contribution in [2.75, 3.05) is 0 Å². The molecule has 2 aromatic carbocycles. The molecule has 20 heavy (non-hydrogen) atoms. The van der Waals surface area contributed by atoms with Gasteiger partial charge in [-0.25, -0.2) is 4.39 Å². The van der Waals surface area contributed by atoms with Crippen molar-refractivity contribution in [3.05, 3.63) is 75.9 Å². The summed E-state index contributed by atoms with van der Waals surface area (Å²) in [5.41, 5.74) is 1.80. The molecule has 0 saturated heterocycles. The van der Waals surface area contributed by atoms with Crippen LogP contribution in [0, 0.1) is 34.9 Å². The molecule has 0 aliphatic carbocycles. The Balaban J connectivity index is 2.20. The summed E-state index contributed by atoms with van der Waals surface area (Å²) in [4.78, 5) is 0. The van der Waals surface area contributed by atoms with Crippen molar-refractivity contribution in [1.82, 2.24) is 0 Å². The Hall–Kier alpha value is -2.36. The first kappa shape index (κ1) is 14.1. The third-order valence-electron chi connectivity index (χ3n) is 2.88. The highest BCUT2D eigenvalue weighted by Crippen LogP contribution is 2.22. The van der Waals surface area contributed by atoms with Crippen LogP contribution in [0.1, 0.15) is 22.3 Å². The highest BCUT2D eigenvalue weighted by molar-refractivity contribution is 6.31. The van der Waals surface area contributed by atoms with Crippen LogP contribution in [0.25, 0.3) is 0 Å². The lowest BCUT2D eigenvalue weighted by atomic mass is 9.99. The second-order valence-electron chi connectivity index (χ2n) is 4.14. The molecule has 0 atom stereocenters. The fraction of sp³-hybridized carbons (Fsp3) is 0.0625. The average Bonchev–Trinajstić information content (AvgIpc) is 2.46. The van der Waals surface area contributed by atoms with Crippen LogP contribution in [0.2, 0.25) is 5.02 Å². The van der Waals surface area contributed by atoms with Crippen molar-refractivity contribution in [3.8, 4) is 12.1 Å². The fourth-order valence-corrected chi connectivity index (χ4v) is 2.06. The molecule has 0 bridgehead atoms. The first-order valence-corrected chi connectivity index (χ1v) is 6.24. The molecule has 0 amide bonds. The van der Waals surface area contributed by atoms with E-state index in [1.807, 2.05) is 12.1 Å². The van der Waals surface area contributed by atoms with Crippen LogP contribution < -0.4 is 0 Å². The van der Waals surface area contributed by atoms with E-state index in [0.717, 1.165) is 0 Å². The molecule has 0 fully saturated rings. The summed E-state index contributed by atoms with van der Waals surface area (Å²) in [6, 6.07) is 13.4. The van der Waals surface area contributed by atoms with Gasteiger partial charge in [-0.15, -0.1) is 0 Å². The van der Waals surface area contributed by atoms with E-state index in [1.165, 1.54) is 6.07 Å². The smallest absolute Gasteiger partial charge is 0.127 e. The topological polar surface area (TPSA) is 47.6 Å². The number of nitriles is 2. The monoisotopic (exact) mass is 283 g/mol. The standard InChI is InChI=1S/C16H9ClFN2/c17-15-3-1-2-12(14(15)10-20)6-7-13-5-4-11(9-19)8-16(13)18/h1-6,8H,7H2. The molecular weight excluding hydrogens is 275 g/mol. The fourth-order valence-electron chi connectivity index (χ4n) is 1.83. The Bertz CT molecular complexity index is 726. The molecule has 0 heterocycles. The first-order valence-electron chi connectivity index (χ1n) is 5.86. The third-order valence-corrected chi connectivity index (χ3v) is 3.20. The molecule has 0 aromatic heterocycles. The number of rotatable bonds is 3. The molecular formula is C16H9ClFN2. The SMILES string of the molecule is N#Cc1ccc(C[CH]c2cccc(Cl)c2C#N)c(F)c1. The summed E-state index contributed by atoms with van der Waals surface area (Å²) in [6.07, 6.45) is 2.07. The zero-order valence-electron chi connectivity index (χ0n) is 10.4. The number of hydrogen-bond donors (Lipinski definition) is 0. The van der Waals surface area contributed by atoms with Gasteiger partial charge >= 0.3 is 0 Å². The summed E-state index contributed by atoms with van der Waals surface area (Å²) < 4.78 is 13.7. The van der Waals surface area contributed by atoms with E-state index in [-0.39, 0.29) is 5.56 Å².